The molecule has 2 heterocycles. The lowest BCUT2D eigenvalue weighted by atomic mass is 10.2. The third-order valence-corrected chi connectivity index (χ3v) is 4.34. The molecule has 2 nitrogen and oxygen atoms in total. The van der Waals surface area contributed by atoms with Crippen molar-refractivity contribution in [3.63, 3.8) is 0 Å². The minimum Gasteiger partial charge on any atom is -0.468 e. The molecule has 0 aromatic carbocycles. The number of hydrogen-bond donors (Lipinski definition) is 1. The van der Waals surface area contributed by atoms with Gasteiger partial charge in [-0.25, -0.2) is 0 Å². The number of furan rings is 1. The van der Waals surface area contributed by atoms with Crippen LogP contribution in [0.5, 0.6) is 0 Å². The molecule has 17 heavy (non-hydrogen) atoms. The predicted octanol–water partition coefficient (Wildman–Crippen LogP) is 4.32. The van der Waals surface area contributed by atoms with Crippen LogP contribution in [0.4, 0.5) is 0 Å². The summed E-state index contributed by atoms with van der Waals surface area (Å²) >= 11 is 1.89. The molecule has 0 aliphatic heterocycles. The van der Waals surface area contributed by atoms with E-state index in [0.717, 1.165) is 12.2 Å². The van der Waals surface area contributed by atoms with Crippen LogP contribution in [0.2, 0.25) is 0 Å². The number of rotatable bonds is 5. The zero-order valence-electron chi connectivity index (χ0n) is 10.6. The fraction of sp³-hybridized carbons (Fsp3) is 0.429. The van der Waals surface area contributed by atoms with E-state index in [-0.39, 0.29) is 6.04 Å². The Kier molecular flexibility index (Phi) is 4.02. The van der Waals surface area contributed by atoms with Crippen LogP contribution in [-0.2, 0) is 6.42 Å². The van der Waals surface area contributed by atoms with Gasteiger partial charge in [0.15, 0.2) is 0 Å². The maximum atomic E-state index is 5.40. The molecule has 0 saturated heterocycles. The van der Waals surface area contributed by atoms with E-state index in [9.17, 15) is 0 Å². The first-order valence-electron chi connectivity index (χ1n) is 6.08. The normalized spacial score (nSPS) is 14.8. The van der Waals surface area contributed by atoms with Gasteiger partial charge in [-0.3, -0.25) is 0 Å². The minimum atomic E-state index is 0.243. The van der Waals surface area contributed by atoms with Crippen molar-refractivity contribution in [2.45, 2.75) is 39.3 Å². The molecule has 0 radical (unpaired) electrons. The summed E-state index contributed by atoms with van der Waals surface area (Å²) in [5.41, 5.74) is 0. The average molecular weight is 249 g/mol. The minimum absolute atomic E-state index is 0.243. The highest BCUT2D eigenvalue weighted by molar-refractivity contribution is 7.12. The van der Waals surface area contributed by atoms with Crippen LogP contribution in [0.1, 0.15) is 48.4 Å². The van der Waals surface area contributed by atoms with Crippen molar-refractivity contribution in [3.8, 4) is 0 Å². The second-order valence-electron chi connectivity index (χ2n) is 4.28. The topological polar surface area (TPSA) is 25.2 Å². The largest absolute Gasteiger partial charge is 0.468 e. The summed E-state index contributed by atoms with van der Waals surface area (Å²) < 4.78 is 5.40. The van der Waals surface area contributed by atoms with Gasteiger partial charge in [0.25, 0.3) is 0 Å². The monoisotopic (exact) mass is 249 g/mol. The summed E-state index contributed by atoms with van der Waals surface area (Å²) in [5, 5.41) is 3.55. The lowest BCUT2D eigenvalue weighted by Gasteiger charge is -2.17. The van der Waals surface area contributed by atoms with Crippen LogP contribution in [0.25, 0.3) is 0 Å². The number of thiophene rings is 1. The Morgan fingerprint density at radius 3 is 2.65 bits per heavy atom. The van der Waals surface area contributed by atoms with E-state index >= 15 is 0 Å². The molecule has 2 rings (SSSR count). The second kappa shape index (κ2) is 5.52. The number of aryl methyl sites for hydroxylation is 1. The molecule has 2 aromatic heterocycles. The molecule has 3 heteroatoms. The van der Waals surface area contributed by atoms with Gasteiger partial charge < -0.3 is 9.73 Å². The van der Waals surface area contributed by atoms with E-state index in [1.807, 2.05) is 23.5 Å². The van der Waals surface area contributed by atoms with Crippen molar-refractivity contribution < 1.29 is 4.42 Å². The highest BCUT2D eigenvalue weighted by Crippen LogP contribution is 2.26. The molecule has 1 N–H and O–H groups in total. The summed E-state index contributed by atoms with van der Waals surface area (Å²) in [6.07, 6.45) is 2.84. The van der Waals surface area contributed by atoms with E-state index in [2.05, 4.69) is 38.2 Å². The molecule has 0 spiro atoms. The molecule has 0 fully saturated rings. The smallest absolute Gasteiger partial charge is 0.120 e. The summed E-state index contributed by atoms with van der Waals surface area (Å²) in [6.45, 7) is 6.52. The lowest BCUT2D eigenvalue weighted by Crippen LogP contribution is -2.21. The van der Waals surface area contributed by atoms with Gasteiger partial charge in [-0.05, 0) is 44.5 Å². The Morgan fingerprint density at radius 1 is 1.24 bits per heavy atom. The Bertz CT molecular complexity index is 446. The number of hydrogen-bond acceptors (Lipinski definition) is 3. The van der Waals surface area contributed by atoms with Crippen LogP contribution in [0, 0.1) is 0 Å². The molecule has 0 aliphatic carbocycles. The first-order chi connectivity index (χ1) is 8.20. The third kappa shape index (κ3) is 2.99. The Labute approximate surface area is 107 Å². The van der Waals surface area contributed by atoms with Crippen molar-refractivity contribution >= 4 is 11.3 Å². The Morgan fingerprint density at radius 2 is 2.06 bits per heavy atom. The van der Waals surface area contributed by atoms with Crippen molar-refractivity contribution in [1.29, 1.82) is 0 Å². The zero-order chi connectivity index (χ0) is 12.3. The van der Waals surface area contributed by atoms with Gasteiger partial charge in [0.1, 0.15) is 5.76 Å². The molecular weight excluding hydrogens is 230 g/mol. The van der Waals surface area contributed by atoms with Gasteiger partial charge in [-0.2, -0.15) is 0 Å². The summed E-state index contributed by atoms with van der Waals surface area (Å²) in [4.78, 5) is 2.83. The van der Waals surface area contributed by atoms with E-state index in [1.165, 1.54) is 9.75 Å². The maximum absolute atomic E-state index is 5.40. The Balaban J connectivity index is 1.99. The van der Waals surface area contributed by atoms with Crippen LogP contribution in [0.15, 0.2) is 34.9 Å². The van der Waals surface area contributed by atoms with Crippen molar-refractivity contribution in [1.82, 2.24) is 5.32 Å². The SMILES string of the molecule is CCc1ccc(C(C)N[C@H](C)c2ccco2)s1. The third-order valence-electron chi connectivity index (χ3n) is 2.93. The molecule has 92 valence electrons. The van der Waals surface area contributed by atoms with Crippen LogP contribution >= 0.6 is 11.3 Å². The first kappa shape index (κ1) is 12.4. The molecular formula is C14H19NOS. The number of nitrogens with one attached hydrogen (secondary N) is 1. The quantitative estimate of drug-likeness (QED) is 0.854. The molecule has 0 saturated carbocycles. The first-order valence-corrected chi connectivity index (χ1v) is 6.90. The van der Waals surface area contributed by atoms with E-state index in [0.29, 0.717) is 6.04 Å². The van der Waals surface area contributed by atoms with Gasteiger partial charge in [-0.15, -0.1) is 11.3 Å². The van der Waals surface area contributed by atoms with Crippen LogP contribution < -0.4 is 5.32 Å². The van der Waals surface area contributed by atoms with Crippen LogP contribution in [0.3, 0.4) is 0 Å². The average Bonchev–Trinajstić information content (AvgIpc) is 3.00. The maximum Gasteiger partial charge on any atom is 0.120 e. The fourth-order valence-electron chi connectivity index (χ4n) is 1.89. The lowest BCUT2D eigenvalue weighted by molar-refractivity contribution is 0.405. The van der Waals surface area contributed by atoms with Gasteiger partial charge in [-0.1, -0.05) is 6.92 Å². The van der Waals surface area contributed by atoms with E-state index in [4.69, 9.17) is 4.42 Å². The van der Waals surface area contributed by atoms with Crippen molar-refractivity contribution in [2.24, 2.45) is 0 Å². The summed E-state index contributed by atoms with van der Waals surface area (Å²) in [5.74, 6) is 0.990. The second-order valence-corrected chi connectivity index (χ2v) is 5.48. The summed E-state index contributed by atoms with van der Waals surface area (Å²) in [7, 11) is 0. The molecule has 0 amide bonds. The van der Waals surface area contributed by atoms with Gasteiger partial charge in [0.05, 0.1) is 12.3 Å². The van der Waals surface area contributed by atoms with E-state index in [1.54, 1.807) is 6.26 Å². The summed E-state index contributed by atoms with van der Waals surface area (Å²) in [6, 6.07) is 8.98. The van der Waals surface area contributed by atoms with Gasteiger partial charge in [0, 0.05) is 15.8 Å². The molecule has 2 atom stereocenters. The van der Waals surface area contributed by atoms with Crippen LogP contribution in [-0.4, -0.2) is 0 Å². The molecule has 0 bridgehead atoms. The predicted molar refractivity (Wildman–Crippen MR) is 72.4 cm³/mol. The molecule has 2 aromatic rings. The molecule has 0 aliphatic rings. The standard InChI is InChI=1S/C14H19NOS/c1-4-12-7-8-14(17-12)11(3)15-10(2)13-6-5-9-16-13/h5-11,15H,4H2,1-3H3/t10-,11?/m1/s1. The fourth-order valence-corrected chi connectivity index (χ4v) is 2.86. The zero-order valence-corrected chi connectivity index (χ0v) is 11.4. The van der Waals surface area contributed by atoms with E-state index < -0.39 is 0 Å². The van der Waals surface area contributed by atoms with Gasteiger partial charge >= 0.3 is 0 Å². The highest BCUT2D eigenvalue weighted by Gasteiger charge is 2.14. The van der Waals surface area contributed by atoms with Gasteiger partial charge in [0.2, 0.25) is 0 Å². The van der Waals surface area contributed by atoms with Crippen molar-refractivity contribution in [2.75, 3.05) is 0 Å². The Hall–Kier alpha value is -1.06. The van der Waals surface area contributed by atoms with Crippen molar-refractivity contribution in [3.05, 3.63) is 46.0 Å². The highest BCUT2D eigenvalue weighted by atomic mass is 32.1. The molecule has 1 unspecified atom stereocenters.